The van der Waals surface area contributed by atoms with Crippen LogP contribution in [-0.4, -0.2) is 41.2 Å². The molecule has 0 amide bonds. The number of hydrogen-bond acceptors (Lipinski definition) is 7. The van der Waals surface area contributed by atoms with Crippen molar-refractivity contribution in [1.29, 1.82) is 0 Å². The maximum Gasteiger partial charge on any atom is 0.349 e. The van der Waals surface area contributed by atoms with Gasteiger partial charge in [-0.2, -0.15) is 5.10 Å². The largest absolute Gasteiger partial charge is 0.493 e. The summed E-state index contributed by atoms with van der Waals surface area (Å²) in [6, 6.07) is 16.2. The molecule has 1 heterocycles. The van der Waals surface area contributed by atoms with Crippen molar-refractivity contribution < 1.29 is 24.1 Å². The zero-order valence-corrected chi connectivity index (χ0v) is 18.8. The van der Waals surface area contributed by atoms with Crippen LogP contribution in [-0.2, 0) is 6.61 Å². The summed E-state index contributed by atoms with van der Waals surface area (Å²) in [6.07, 6.45) is 1.34. The van der Waals surface area contributed by atoms with Gasteiger partial charge in [0.25, 0.3) is 5.56 Å². The Balaban J connectivity index is 1.62. The van der Waals surface area contributed by atoms with E-state index < -0.39 is 17.2 Å². The number of ether oxygens (including phenoxy) is 3. The number of aromatic nitrogens is 2. The van der Waals surface area contributed by atoms with Gasteiger partial charge in [-0.1, -0.05) is 24.3 Å². The number of hydrogen-bond donors (Lipinski definition) is 2. The molecular weight excluding hydrogens is 454 g/mol. The average Bonchev–Trinajstić information content (AvgIpc) is 2.87. The van der Waals surface area contributed by atoms with E-state index in [-0.39, 0.29) is 12.2 Å². The van der Waals surface area contributed by atoms with Gasteiger partial charge in [0.1, 0.15) is 6.61 Å². The monoisotopic (exact) mass is 475 g/mol. The molecule has 0 spiro atoms. The van der Waals surface area contributed by atoms with Crippen molar-refractivity contribution in [3.05, 3.63) is 98.2 Å². The summed E-state index contributed by atoms with van der Waals surface area (Å²) >= 11 is 0. The van der Waals surface area contributed by atoms with Crippen molar-refractivity contribution in [3.63, 3.8) is 0 Å². The lowest BCUT2D eigenvalue weighted by Gasteiger charge is -2.15. The third-order valence-corrected chi connectivity index (χ3v) is 5.17. The Hall–Kier alpha value is -4.86. The van der Waals surface area contributed by atoms with Crippen LogP contribution in [0.15, 0.2) is 75.4 Å². The third kappa shape index (κ3) is 4.91. The Labute approximate surface area is 198 Å². The maximum absolute atomic E-state index is 12.7. The SMILES string of the molecule is COc1cc(C=Nn2c(=O)[nH]c3ccccc3c2=O)cc(OC)c1OCc1ccc(C(=O)O)cc1. The van der Waals surface area contributed by atoms with Gasteiger partial charge in [-0.15, -0.1) is 4.68 Å². The molecule has 0 unspecified atom stereocenters. The normalized spacial score (nSPS) is 11.0. The molecule has 0 fully saturated rings. The van der Waals surface area contributed by atoms with E-state index in [2.05, 4.69) is 10.1 Å². The molecule has 0 radical (unpaired) electrons. The van der Waals surface area contributed by atoms with Crippen LogP contribution in [0.1, 0.15) is 21.5 Å². The minimum Gasteiger partial charge on any atom is -0.493 e. The molecule has 0 aliphatic heterocycles. The fourth-order valence-electron chi connectivity index (χ4n) is 3.40. The number of fused-ring (bicyclic) bond motifs is 1. The molecule has 0 atom stereocenters. The first-order valence-corrected chi connectivity index (χ1v) is 10.4. The highest BCUT2D eigenvalue weighted by Gasteiger charge is 2.15. The fraction of sp³-hybridized carbons (Fsp3) is 0.120. The van der Waals surface area contributed by atoms with E-state index >= 15 is 0 Å². The molecule has 4 rings (SSSR count). The second kappa shape index (κ2) is 9.96. The number of rotatable bonds is 8. The van der Waals surface area contributed by atoms with Crippen LogP contribution in [0.3, 0.4) is 0 Å². The first-order valence-electron chi connectivity index (χ1n) is 10.4. The van der Waals surface area contributed by atoms with Gasteiger partial charge in [-0.3, -0.25) is 4.79 Å². The highest BCUT2D eigenvalue weighted by Crippen LogP contribution is 2.38. The van der Waals surface area contributed by atoms with Gasteiger partial charge in [0.2, 0.25) is 5.75 Å². The number of nitrogens with zero attached hydrogens (tertiary/aromatic N) is 2. The molecule has 1 aromatic heterocycles. The number of nitrogens with one attached hydrogen (secondary N) is 1. The van der Waals surface area contributed by atoms with Gasteiger partial charge in [-0.05, 0) is 42.0 Å². The molecule has 4 aromatic rings. The molecule has 0 aliphatic rings. The first-order chi connectivity index (χ1) is 16.9. The van der Waals surface area contributed by atoms with Gasteiger partial charge in [0.05, 0.1) is 36.9 Å². The molecule has 2 N–H and O–H groups in total. The summed E-state index contributed by atoms with van der Waals surface area (Å²) in [7, 11) is 2.92. The van der Waals surface area contributed by atoms with Gasteiger partial charge in [0.15, 0.2) is 11.5 Å². The van der Waals surface area contributed by atoms with Crippen LogP contribution in [0.4, 0.5) is 0 Å². The van der Waals surface area contributed by atoms with Crippen molar-refractivity contribution in [3.8, 4) is 17.2 Å². The standard InChI is InChI=1S/C25H21N3O7/c1-33-20-11-16(13-26-28-23(29)18-5-3-4-6-19(18)27-25(28)32)12-21(34-2)22(20)35-14-15-7-9-17(10-8-15)24(30)31/h3-13H,14H2,1-2H3,(H,27,32)(H,30,31). The van der Waals surface area contributed by atoms with Crippen LogP contribution in [0.5, 0.6) is 17.2 Å². The zero-order chi connectivity index (χ0) is 24.9. The second-order valence-corrected chi connectivity index (χ2v) is 7.38. The Bertz CT molecular complexity index is 1510. The molecule has 3 aromatic carbocycles. The van der Waals surface area contributed by atoms with Gasteiger partial charge < -0.3 is 24.3 Å². The topological polar surface area (TPSA) is 132 Å². The number of carbonyl (C=O) groups is 1. The summed E-state index contributed by atoms with van der Waals surface area (Å²) in [6.45, 7) is 0.141. The lowest BCUT2D eigenvalue weighted by Crippen LogP contribution is -2.32. The highest BCUT2D eigenvalue weighted by molar-refractivity contribution is 5.87. The van der Waals surface area contributed by atoms with E-state index in [0.29, 0.717) is 33.7 Å². The molecular formula is C25H21N3O7. The molecule has 35 heavy (non-hydrogen) atoms. The number of carboxylic acids is 1. The summed E-state index contributed by atoms with van der Waals surface area (Å²) in [5.41, 5.74) is 0.635. The minimum atomic E-state index is -1.01. The Morgan fingerprint density at radius 1 is 1.03 bits per heavy atom. The summed E-state index contributed by atoms with van der Waals surface area (Å²) < 4.78 is 17.5. The van der Waals surface area contributed by atoms with Crippen LogP contribution >= 0.6 is 0 Å². The quantitative estimate of drug-likeness (QED) is 0.375. The highest BCUT2D eigenvalue weighted by atomic mass is 16.5. The van der Waals surface area contributed by atoms with E-state index in [9.17, 15) is 14.4 Å². The van der Waals surface area contributed by atoms with Crippen LogP contribution in [0.2, 0.25) is 0 Å². The first kappa shape index (κ1) is 23.3. The number of aromatic carboxylic acids is 1. The van der Waals surface area contributed by atoms with Crippen LogP contribution in [0.25, 0.3) is 10.9 Å². The van der Waals surface area contributed by atoms with Crippen molar-refractivity contribution in [2.24, 2.45) is 5.10 Å². The number of para-hydroxylation sites is 1. The Morgan fingerprint density at radius 3 is 2.31 bits per heavy atom. The zero-order valence-electron chi connectivity index (χ0n) is 18.8. The van der Waals surface area contributed by atoms with E-state index in [1.807, 2.05) is 0 Å². The predicted molar refractivity (Wildman–Crippen MR) is 129 cm³/mol. The third-order valence-electron chi connectivity index (χ3n) is 5.17. The Kier molecular flexibility index (Phi) is 6.63. The average molecular weight is 475 g/mol. The van der Waals surface area contributed by atoms with Gasteiger partial charge in [0, 0.05) is 5.56 Å². The summed E-state index contributed by atoms with van der Waals surface area (Å²) in [4.78, 5) is 38.7. The van der Waals surface area contributed by atoms with E-state index in [4.69, 9.17) is 19.3 Å². The van der Waals surface area contributed by atoms with Crippen molar-refractivity contribution in [2.45, 2.75) is 6.61 Å². The van der Waals surface area contributed by atoms with Crippen molar-refractivity contribution in [2.75, 3.05) is 14.2 Å². The number of carboxylic acid groups (broad SMARTS) is 1. The van der Waals surface area contributed by atoms with Crippen molar-refractivity contribution in [1.82, 2.24) is 9.66 Å². The van der Waals surface area contributed by atoms with E-state index in [0.717, 1.165) is 10.2 Å². The number of benzene rings is 3. The minimum absolute atomic E-state index is 0.141. The van der Waals surface area contributed by atoms with E-state index in [1.165, 1.54) is 32.6 Å². The number of H-pyrrole nitrogens is 1. The second-order valence-electron chi connectivity index (χ2n) is 7.38. The van der Waals surface area contributed by atoms with Crippen LogP contribution < -0.4 is 25.5 Å². The molecule has 178 valence electrons. The van der Waals surface area contributed by atoms with Gasteiger partial charge in [-0.25, -0.2) is 9.59 Å². The molecule has 0 saturated heterocycles. The summed E-state index contributed by atoms with van der Waals surface area (Å²) in [5.74, 6) is 0.00151. The maximum atomic E-state index is 12.7. The molecule has 10 nitrogen and oxygen atoms in total. The number of methoxy groups -OCH3 is 2. The molecule has 10 heteroatoms. The molecule has 0 bridgehead atoms. The summed E-state index contributed by atoms with van der Waals surface area (Å²) in [5, 5.41) is 13.4. The smallest absolute Gasteiger partial charge is 0.349 e. The fourth-order valence-corrected chi connectivity index (χ4v) is 3.40. The van der Waals surface area contributed by atoms with Crippen LogP contribution in [0, 0.1) is 0 Å². The van der Waals surface area contributed by atoms with Gasteiger partial charge >= 0.3 is 11.7 Å². The van der Waals surface area contributed by atoms with E-state index in [1.54, 1.807) is 48.5 Å². The van der Waals surface area contributed by atoms with Crippen molar-refractivity contribution >= 4 is 23.1 Å². The lowest BCUT2D eigenvalue weighted by molar-refractivity contribution is 0.0697. The Morgan fingerprint density at radius 2 is 1.69 bits per heavy atom. The number of aromatic amines is 1. The lowest BCUT2D eigenvalue weighted by atomic mass is 10.1. The predicted octanol–water partition coefficient (Wildman–Crippen LogP) is 2.87. The molecule has 0 saturated carbocycles. The molecule has 0 aliphatic carbocycles.